The zero-order chi connectivity index (χ0) is 18.0. The standard InChI is InChI=1S/C19H24F2N2O2/c1-13-4-2-3-9-23(13)18(24)14-7-10-22(11-8-14)19(25)16-6-5-15(20)12-17(16)21/h5-6,12-14H,2-4,7-11H2,1H3. The van der Waals surface area contributed by atoms with Crippen molar-refractivity contribution in [3.05, 3.63) is 35.4 Å². The number of hydrogen-bond acceptors (Lipinski definition) is 2. The Kier molecular flexibility index (Phi) is 5.35. The van der Waals surface area contributed by atoms with Crippen LogP contribution in [0.15, 0.2) is 18.2 Å². The second kappa shape index (κ2) is 7.50. The third-order valence-corrected chi connectivity index (χ3v) is 5.38. The predicted molar refractivity (Wildman–Crippen MR) is 90.0 cm³/mol. The van der Waals surface area contributed by atoms with E-state index < -0.39 is 17.5 Å². The fourth-order valence-corrected chi connectivity index (χ4v) is 3.82. The van der Waals surface area contributed by atoms with Gasteiger partial charge in [0.2, 0.25) is 5.91 Å². The number of amides is 2. The maximum absolute atomic E-state index is 13.8. The summed E-state index contributed by atoms with van der Waals surface area (Å²) >= 11 is 0. The highest BCUT2D eigenvalue weighted by atomic mass is 19.1. The van der Waals surface area contributed by atoms with Crippen LogP contribution in [-0.4, -0.2) is 47.3 Å². The quantitative estimate of drug-likeness (QED) is 0.822. The fraction of sp³-hybridized carbons (Fsp3) is 0.579. The van der Waals surface area contributed by atoms with Crippen LogP contribution in [-0.2, 0) is 4.79 Å². The Labute approximate surface area is 146 Å². The molecular weight excluding hydrogens is 326 g/mol. The molecule has 0 spiro atoms. The first kappa shape index (κ1) is 17.8. The summed E-state index contributed by atoms with van der Waals surface area (Å²) in [5, 5.41) is 0. The maximum atomic E-state index is 13.8. The number of piperidine rings is 2. The Balaban J connectivity index is 1.59. The Morgan fingerprint density at radius 3 is 2.40 bits per heavy atom. The van der Waals surface area contributed by atoms with Crippen LogP contribution in [0.25, 0.3) is 0 Å². The first-order chi connectivity index (χ1) is 12.0. The van der Waals surface area contributed by atoms with Crippen molar-refractivity contribution in [1.82, 2.24) is 9.80 Å². The smallest absolute Gasteiger partial charge is 0.256 e. The van der Waals surface area contributed by atoms with Gasteiger partial charge in [0, 0.05) is 37.7 Å². The number of halogens is 2. The predicted octanol–water partition coefficient (Wildman–Crippen LogP) is 3.22. The molecule has 25 heavy (non-hydrogen) atoms. The molecule has 2 heterocycles. The highest BCUT2D eigenvalue weighted by Crippen LogP contribution is 2.25. The van der Waals surface area contributed by atoms with E-state index in [2.05, 4.69) is 6.92 Å². The molecule has 4 nitrogen and oxygen atoms in total. The molecule has 2 aliphatic heterocycles. The van der Waals surface area contributed by atoms with Crippen molar-refractivity contribution in [1.29, 1.82) is 0 Å². The molecule has 2 aliphatic rings. The van der Waals surface area contributed by atoms with Crippen molar-refractivity contribution < 1.29 is 18.4 Å². The molecule has 1 atom stereocenters. The SMILES string of the molecule is CC1CCCCN1C(=O)C1CCN(C(=O)c2ccc(F)cc2F)CC1. The molecular formula is C19H24F2N2O2. The van der Waals surface area contributed by atoms with E-state index in [4.69, 9.17) is 0 Å². The van der Waals surface area contributed by atoms with Gasteiger partial charge in [-0.05, 0) is 51.2 Å². The number of likely N-dealkylation sites (tertiary alicyclic amines) is 2. The Bertz CT molecular complexity index is 657. The van der Waals surface area contributed by atoms with Crippen LogP contribution < -0.4 is 0 Å². The zero-order valence-corrected chi connectivity index (χ0v) is 14.5. The normalized spacial score (nSPS) is 22.1. The minimum atomic E-state index is -0.842. The summed E-state index contributed by atoms with van der Waals surface area (Å²) in [6.07, 6.45) is 4.46. The third-order valence-electron chi connectivity index (χ3n) is 5.38. The van der Waals surface area contributed by atoms with E-state index in [-0.39, 0.29) is 23.4 Å². The molecule has 1 aromatic rings. The molecule has 0 saturated carbocycles. The van der Waals surface area contributed by atoms with Crippen molar-refractivity contribution in [2.45, 2.75) is 45.1 Å². The van der Waals surface area contributed by atoms with E-state index in [1.54, 1.807) is 4.90 Å². The second-order valence-corrected chi connectivity index (χ2v) is 7.07. The van der Waals surface area contributed by atoms with Gasteiger partial charge in [-0.15, -0.1) is 0 Å². The summed E-state index contributed by atoms with van der Waals surface area (Å²) in [4.78, 5) is 28.7. The number of carbonyl (C=O) groups is 2. The molecule has 2 amide bonds. The molecule has 0 bridgehead atoms. The van der Waals surface area contributed by atoms with Crippen molar-refractivity contribution in [3.8, 4) is 0 Å². The van der Waals surface area contributed by atoms with Crippen molar-refractivity contribution in [2.75, 3.05) is 19.6 Å². The summed E-state index contributed by atoms with van der Waals surface area (Å²) in [6.45, 7) is 3.76. The maximum Gasteiger partial charge on any atom is 0.256 e. The largest absolute Gasteiger partial charge is 0.340 e. The summed E-state index contributed by atoms with van der Waals surface area (Å²) in [5.74, 6) is -1.86. The van der Waals surface area contributed by atoms with Crippen molar-refractivity contribution in [2.24, 2.45) is 5.92 Å². The van der Waals surface area contributed by atoms with Crippen LogP contribution in [0.4, 0.5) is 8.78 Å². The molecule has 1 aromatic carbocycles. The number of rotatable bonds is 2. The van der Waals surface area contributed by atoms with Gasteiger partial charge < -0.3 is 9.80 Å². The van der Waals surface area contributed by atoms with Gasteiger partial charge in [-0.3, -0.25) is 9.59 Å². The van der Waals surface area contributed by atoms with Gasteiger partial charge >= 0.3 is 0 Å². The van der Waals surface area contributed by atoms with Gasteiger partial charge in [0.05, 0.1) is 5.56 Å². The molecule has 136 valence electrons. The van der Waals surface area contributed by atoms with Gasteiger partial charge in [-0.2, -0.15) is 0 Å². The van der Waals surface area contributed by atoms with Crippen molar-refractivity contribution >= 4 is 11.8 Å². The van der Waals surface area contributed by atoms with Gasteiger partial charge in [-0.25, -0.2) is 8.78 Å². The minimum Gasteiger partial charge on any atom is -0.340 e. The molecule has 1 unspecified atom stereocenters. The molecule has 2 saturated heterocycles. The van der Waals surface area contributed by atoms with Gasteiger partial charge in [-0.1, -0.05) is 0 Å². The van der Waals surface area contributed by atoms with Crippen LogP contribution in [0, 0.1) is 17.6 Å². The minimum absolute atomic E-state index is 0.0670. The van der Waals surface area contributed by atoms with E-state index >= 15 is 0 Å². The summed E-state index contributed by atoms with van der Waals surface area (Å²) < 4.78 is 26.8. The Morgan fingerprint density at radius 1 is 1.04 bits per heavy atom. The monoisotopic (exact) mass is 350 g/mol. The van der Waals surface area contributed by atoms with Gasteiger partial charge in [0.25, 0.3) is 5.91 Å². The number of nitrogens with zero attached hydrogens (tertiary/aromatic N) is 2. The van der Waals surface area contributed by atoms with Gasteiger partial charge in [0.15, 0.2) is 0 Å². The number of carbonyl (C=O) groups excluding carboxylic acids is 2. The first-order valence-electron chi connectivity index (χ1n) is 9.02. The fourth-order valence-electron chi connectivity index (χ4n) is 3.82. The second-order valence-electron chi connectivity index (χ2n) is 7.07. The molecule has 6 heteroatoms. The zero-order valence-electron chi connectivity index (χ0n) is 14.5. The van der Waals surface area contributed by atoms with E-state index in [0.29, 0.717) is 25.9 Å². The van der Waals surface area contributed by atoms with Crippen LogP contribution >= 0.6 is 0 Å². The number of hydrogen-bond donors (Lipinski definition) is 0. The lowest BCUT2D eigenvalue weighted by Gasteiger charge is -2.38. The average molecular weight is 350 g/mol. The third kappa shape index (κ3) is 3.83. The molecule has 3 rings (SSSR count). The molecule has 2 fully saturated rings. The topological polar surface area (TPSA) is 40.6 Å². The van der Waals surface area contributed by atoms with E-state index in [1.807, 2.05) is 4.90 Å². The first-order valence-corrected chi connectivity index (χ1v) is 9.02. The molecule has 0 radical (unpaired) electrons. The lowest BCUT2D eigenvalue weighted by molar-refractivity contribution is -0.140. The summed E-state index contributed by atoms with van der Waals surface area (Å²) in [6, 6.07) is 3.28. The highest BCUT2D eigenvalue weighted by Gasteiger charge is 2.33. The lowest BCUT2D eigenvalue weighted by Crippen LogP contribution is -2.48. The van der Waals surface area contributed by atoms with Gasteiger partial charge in [0.1, 0.15) is 11.6 Å². The van der Waals surface area contributed by atoms with E-state index in [9.17, 15) is 18.4 Å². The summed E-state index contributed by atoms with van der Waals surface area (Å²) in [5.41, 5.74) is -0.115. The number of benzene rings is 1. The molecule has 0 aliphatic carbocycles. The van der Waals surface area contributed by atoms with Crippen LogP contribution in [0.5, 0.6) is 0 Å². The van der Waals surface area contributed by atoms with Crippen molar-refractivity contribution in [3.63, 3.8) is 0 Å². The molecule has 0 N–H and O–H groups in total. The van der Waals surface area contributed by atoms with Crippen LogP contribution in [0.1, 0.15) is 49.4 Å². The van der Waals surface area contributed by atoms with E-state index in [1.165, 1.54) is 12.5 Å². The van der Waals surface area contributed by atoms with E-state index in [0.717, 1.165) is 31.5 Å². The van der Waals surface area contributed by atoms with Crippen LogP contribution in [0.3, 0.4) is 0 Å². The Morgan fingerprint density at radius 2 is 1.76 bits per heavy atom. The highest BCUT2D eigenvalue weighted by molar-refractivity contribution is 5.94. The average Bonchev–Trinajstić information content (AvgIpc) is 2.61. The summed E-state index contributed by atoms with van der Waals surface area (Å²) in [7, 11) is 0. The molecule has 0 aromatic heterocycles. The lowest BCUT2D eigenvalue weighted by atomic mass is 9.92. The van der Waals surface area contributed by atoms with Crippen LogP contribution in [0.2, 0.25) is 0 Å². The Hall–Kier alpha value is -1.98.